The molecule has 0 saturated carbocycles. The normalized spacial score (nSPS) is 23.8. The number of halogens is 1. The second-order valence-corrected chi connectivity index (χ2v) is 7.41. The van der Waals surface area contributed by atoms with Crippen LogP contribution in [0.1, 0.15) is 33.3 Å². The number of pyridine rings is 1. The van der Waals surface area contributed by atoms with Gasteiger partial charge in [-0.25, -0.2) is 0 Å². The smallest absolute Gasteiger partial charge is 0.0410 e. The van der Waals surface area contributed by atoms with Crippen molar-refractivity contribution in [3.8, 4) is 0 Å². The van der Waals surface area contributed by atoms with Crippen LogP contribution in [0.15, 0.2) is 22.9 Å². The first-order valence-electron chi connectivity index (χ1n) is 6.96. The molecule has 19 heavy (non-hydrogen) atoms. The highest BCUT2D eigenvalue weighted by atomic mass is 79.9. The van der Waals surface area contributed by atoms with Crippen molar-refractivity contribution >= 4 is 15.9 Å². The van der Waals surface area contributed by atoms with E-state index in [1.807, 2.05) is 12.4 Å². The molecule has 0 spiro atoms. The Hall–Kier alpha value is -0.450. The third-order valence-corrected chi connectivity index (χ3v) is 4.21. The van der Waals surface area contributed by atoms with E-state index in [0.717, 1.165) is 24.1 Å². The molecule has 1 fully saturated rings. The molecule has 4 heteroatoms. The first-order valence-corrected chi connectivity index (χ1v) is 7.75. The van der Waals surface area contributed by atoms with Gasteiger partial charge in [-0.15, -0.1) is 0 Å². The van der Waals surface area contributed by atoms with Crippen molar-refractivity contribution in [2.45, 2.75) is 45.8 Å². The van der Waals surface area contributed by atoms with Crippen LogP contribution in [0.2, 0.25) is 0 Å². The van der Waals surface area contributed by atoms with Gasteiger partial charge in [0.1, 0.15) is 0 Å². The molecule has 1 aromatic rings. The van der Waals surface area contributed by atoms with Gasteiger partial charge in [0.2, 0.25) is 0 Å². The van der Waals surface area contributed by atoms with E-state index in [-0.39, 0.29) is 5.54 Å². The summed E-state index contributed by atoms with van der Waals surface area (Å²) < 4.78 is 1.06. The predicted octanol–water partition coefficient (Wildman–Crippen LogP) is 3.05. The van der Waals surface area contributed by atoms with Crippen LogP contribution in [0.5, 0.6) is 0 Å². The molecule has 3 nitrogen and oxygen atoms in total. The SMILES string of the molecule is CC(C)C1CNC(C)(C)CN1Cc1cncc(Br)c1. The Balaban J connectivity index is 2.13. The summed E-state index contributed by atoms with van der Waals surface area (Å²) in [4.78, 5) is 6.85. The van der Waals surface area contributed by atoms with Gasteiger partial charge in [0.25, 0.3) is 0 Å². The van der Waals surface area contributed by atoms with E-state index < -0.39 is 0 Å². The van der Waals surface area contributed by atoms with Crippen LogP contribution in [0.25, 0.3) is 0 Å². The summed E-state index contributed by atoms with van der Waals surface area (Å²) >= 11 is 3.50. The summed E-state index contributed by atoms with van der Waals surface area (Å²) in [6.45, 7) is 12.3. The Morgan fingerprint density at radius 2 is 2.21 bits per heavy atom. The zero-order valence-corrected chi connectivity index (χ0v) is 13.9. The average Bonchev–Trinajstić information content (AvgIpc) is 2.27. The molecule has 1 atom stereocenters. The lowest BCUT2D eigenvalue weighted by molar-refractivity contribution is 0.0626. The fourth-order valence-corrected chi connectivity index (χ4v) is 3.21. The summed E-state index contributed by atoms with van der Waals surface area (Å²) in [5.41, 5.74) is 1.46. The van der Waals surface area contributed by atoms with Gasteiger partial charge in [-0.2, -0.15) is 0 Å². The average molecular weight is 326 g/mol. The van der Waals surface area contributed by atoms with Crippen LogP contribution in [-0.4, -0.2) is 34.6 Å². The van der Waals surface area contributed by atoms with Crippen molar-refractivity contribution in [2.24, 2.45) is 5.92 Å². The fraction of sp³-hybridized carbons (Fsp3) is 0.667. The maximum absolute atomic E-state index is 4.27. The van der Waals surface area contributed by atoms with E-state index in [9.17, 15) is 0 Å². The maximum Gasteiger partial charge on any atom is 0.0410 e. The van der Waals surface area contributed by atoms with Gasteiger partial charge in [-0.3, -0.25) is 9.88 Å². The highest BCUT2D eigenvalue weighted by Gasteiger charge is 2.33. The van der Waals surface area contributed by atoms with Gasteiger partial charge in [0.05, 0.1) is 0 Å². The van der Waals surface area contributed by atoms with Crippen molar-refractivity contribution in [3.05, 3.63) is 28.5 Å². The van der Waals surface area contributed by atoms with Crippen molar-refractivity contribution in [1.82, 2.24) is 15.2 Å². The Morgan fingerprint density at radius 1 is 1.47 bits per heavy atom. The molecule has 1 unspecified atom stereocenters. The topological polar surface area (TPSA) is 28.2 Å². The minimum Gasteiger partial charge on any atom is -0.309 e. The van der Waals surface area contributed by atoms with Crippen LogP contribution in [0.3, 0.4) is 0 Å². The minimum absolute atomic E-state index is 0.185. The highest BCUT2D eigenvalue weighted by Crippen LogP contribution is 2.23. The molecule has 1 aliphatic heterocycles. The van der Waals surface area contributed by atoms with Crippen LogP contribution in [-0.2, 0) is 6.54 Å². The lowest BCUT2D eigenvalue weighted by atomic mass is 9.93. The summed E-state index contributed by atoms with van der Waals surface area (Å²) in [6, 6.07) is 2.76. The van der Waals surface area contributed by atoms with Crippen LogP contribution >= 0.6 is 15.9 Å². The Labute approximate surface area is 124 Å². The number of rotatable bonds is 3. The predicted molar refractivity (Wildman–Crippen MR) is 83.1 cm³/mol. The van der Waals surface area contributed by atoms with Gasteiger partial charge < -0.3 is 5.32 Å². The van der Waals surface area contributed by atoms with Gasteiger partial charge in [0.15, 0.2) is 0 Å². The molecule has 1 aliphatic rings. The molecule has 2 heterocycles. The van der Waals surface area contributed by atoms with Gasteiger partial charge >= 0.3 is 0 Å². The van der Waals surface area contributed by atoms with E-state index in [4.69, 9.17) is 0 Å². The van der Waals surface area contributed by atoms with Crippen LogP contribution in [0.4, 0.5) is 0 Å². The Kier molecular flexibility index (Phi) is 4.64. The van der Waals surface area contributed by atoms with E-state index in [2.05, 4.69) is 64.9 Å². The van der Waals surface area contributed by atoms with Gasteiger partial charge in [0, 0.05) is 48.1 Å². The molecular formula is C15H24BrN3. The van der Waals surface area contributed by atoms with E-state index in [1.165, 1.54) is 5.56 Å². The highest BCUT2D eigenvalue weighted by molar-refractivity contribution is 9.10. The maximum atomic E-state index is 4.27. The molecule has 106 valence electrons. The number of aromatic nitrogens is 1. The second-order valence-electron chi connectivity index (χ2n) is 6.49. The zero-order valence-electron chi connectivity index (χ0n) is 12.3. The van der Waals surface area contributed by atoms with Crippen LogP contribution in [0, 0.1) is 5.92 Å². The summed E-state index contributed by atoms with van der Waals surface area (Å²) in [7, 11) is 0. The van der Waals surface area contributed by atoms with Crippen molar-refractivity contribution in [2.75, 3.05) is 13.1 Å². The third-order valence-electron chi connectivity index (χ3n) is 3.77. The Bertz CT molecular complexity index is 431. The zero-order chi connectivity index (χ0) is 14.0. The molecule has 0 amide bonds. The first-order chi connectivity index (χ1) is 8.87. The standard InChI is InChI=1S/C15H24BrN3/c1-11(2)14-8-18-15(3,4)10-19(14)9-12-5-13(16)7-17-6-12/h5-7,11,14,18H,8-10H2,1-4H3. The Morgan fingerprint density at radius 3 is 2.84 bits per heavy atom. The number of hydrogen-bond donors (Lipinski definition) is 1. The summed E-state index contributed by atoms with van der Waals surface area (Å²) in [6.07, 6.45) is 3.81. The third kappa shape index (κ3) is 4.01. The monoisotopic (exact) mass is 325 g/mol. The number of piperazine rings is 1. The van der Waals surface area contributed by atoms with Crippen molar-refractivity contribution in [3.63, 3.8) is 0 Å². The molecule has 1 aromatic heterocycles. The first kappa shape index (κ1) is 14.9. The summed E-state index contributed by atoms with van der Waals surface area (Å²) in [5, 5.41) is 3.65. The minimum atomic E-state index is 0.185. The summed E-state index contributed by atoms with van der Waals surface area (Å²) in [5.74, 6) is 0.656. The number of hydrogen-bond acceptors (Lipinski definition) is 3. The molecule has 1 saturated heterocycles. The molecular weight excluding hydrogens is 302 g/mol. The molecule has 0 aliphatic carbocycles. The van der Waals surface area contributed by atoms with Crippen molar-refractivity contribution in [1.29, 1.82) is 0 Å². The van der Waals surface area contributed by atoms with Crippen molar-refractivity contribution < 1.29 is 0 Å². The van der Waals surface area contributed by atoms with Crippen LogP contribution < -0.4 is 5.32 Å². The van der Waals surface area contributed by atoms with E-state index in [1.54, 1.807) is 0 Å². The molecule has 2 rings (SSSR count). The van der Waals surface area contributed by atoms with Gasteiger partial charge in [-0.05, 0) is 47.3 Å². The molecule has 0 aromatic carbocycles. The molecule has 0 bridgehead atoms. The molecule has 0 radical (unpaired) electrons. The number of nitrogens with one attached hydrogen (secondary N) is 1. The largest absolute Gasteiger partial charge is 0.309 e. The second kappa shape index (κ2) is 5.90. The number of nitrogens with zero attached hydrogens (tertiary/aromatic N) is 2. The van der Waals surface area contributed by atoms with Gasteiger partial charge in [-0.1, -0.05) is 13.8 Å². The lowest BCUT2D eigenvalue weighted by Gasteiger charge is -2.46. The van der Waals surface area contributed by atoms with E-state index >= 15 is 0 Å². The molecule has 1 N–H and O–H groups in total. The van der Waals surface area contributed by atoms with E-state index in [0.29, 0.717) is 12.0 Å². The fourth-order valence-electron chi connectivity index (χ4n) is 2.80. The lowest BCUT2D eigenvalue weighted by Crippen LogP contribution is -2.62. The quantitative estimate of drug-likeness (QED) is 0.925.